The highest BCUT2D eigenvalue weighted by Gasteiger charge is 2.17. The van der Waals surface area contributed by atoms with Crippen LogP contribution in [0, 0.1) is 0 Å². The number of carbonyl (C=O) groups excluding carboxylic acids is 1. The van der Waals surface area contributed by atoms with Crippen LogP contribution < -0.4 is 32.8 Å². The molecule has 0 radical (unpaired) electrons. The molecule has 27 heavy (non-hydrogen) atoms. The number of aromatic amines is 2. The van der Waals surface area contributed by atoms with Crippen molar-refractivity contribution in [3.8, 4) is 0 Å². The largest absolute Gasteiger partial charge is 0.554 e. The first-order chi connectivity index (χ1) is 12.9. The minimum atomic E-state index is -0.557. The third-order valence-electron chi connectivity index (χ3n) is 3.43. The lowest BCUT2D eigenvalue weighted by molar-refractivity contribution is -0.335. The summed E-state index contributed by atoms with van der Waals surface area (Å²) in [7, 11) is 0. The van der Waals surface area contributed by atoms with E-state index in [4.69, 9.17) is 31.3 Å². The molecule has 0 aliphatic rings. The molecule has 0 aliphatic heterocycles. The number of hydrogen-bond donors (Lipinski definition) is 4. The van der Waals surface area contributed by atoms with Crippen molar-refractivity contribution in [3.05, 3.63) is 20.8 Å². The number of hydrogen-bond acceptors (Lipinski definition) is 8. The summed E-state index contributed by atoms with van der Waals surface area (Å²) in [6.07, 6.45) is 5.33. The monoisotopic (exact) mass is 384 g/mol. The molecule has 12 nitrogen and oxygen atoms in total. The molecule has 0 unspecified atom stereocenters. The average molecular weight is 384 g/mol. The Morgan fingerprint density at radius 1 is 1.22 bits per heavy atom. The zero-order valence-corrected chi connectivity index (χ0v) is 14.9. The zero-order chi connectivity index (χ0) is 20.8. The van der Waals surface area contributed by atoms with E-state index in [1.54, 1.807) is 0 Å². The van der Waals surface area contributed by atoms with Crippen LogP contribution in [0.1, 0.15) is 39.0 Å². The molecule has 0 bridgehead atoms. The predicted molar refractivity (Wildman–Crippen MR) is 95.5 cm³/mol. The Morgan fingerprint density at radius 2 is 1.78 bits per heavy atom. The lowest BCUT2D eigenvalue weighted by Crippen LogP contribution is -2.35. The van der Waals surface area contributed by atoms with Crippen LogP contribution in [0.3, 0.4) is 0 Å². The third kappa shape index (κ3) is 7.54. The van der Waals surface area contributed by atoms with Crippen LogP contribution in [0.15, 0.2) is 9.59 Å². The topological polar surface area (TPSA) is 211 Å². The van der Waals surface area contributed by atoms with E-state index in [1.807, 2.05) is 0 Å². The average Bonchev–Trinajstić information content (AvgIpc) is 2.57. The maximum atomic E-state index is 12.0. The van der Waals surface area contributed by atoms with Gasteiger partial charge in [0.2, 0.25) is 11.5 Å². The number of nitrogens with one attached hydrogen (secondary N) is 2. The van der Waals surface area contributed by atoms with Gasteiger partial charge >= 0.3 is 11.6 Å². The van der Waals surface area contributed by atoms with Gasteiger partial charge in [-0.05, 0) is 6.42 Å². The highest BCUT2D eigenvalue weighted by Crippen LogP contribution is 2.10. The number of carboxylic acid groups (broad SMARTS) is 2. The van der Waals surface area contributed by atoms with Gasteiger partial charge in [-0.15, -0.1) is 0 Å². The molecule has 0 fully saturated rings. The molecular weight excluding hydrogens is 360 g/mol. The summed E-state index contributed by atoms with van der Waals surface area (Å²) >= 11 is 0. The normalized spacial score (nSPS) is 9.52. The number of fused-ring (bicyclic) bond motifs is 1. The summed E-state index contributed by atoms with van der Waals surface area (Å²) in [5, 5.41) is 15.3. The van der Waals surface area contributed by atoms with Crippen molar-refractivity contribution in [2.24, 2.45) is 0 Å². The smallest absolute Gasteiger partial charge is 0.372 e. The molecule has 2 heterocycles. The number of unbranched alkanes of at least 4 members (excludes halogenated alkanes) is 4. The van der Waals surface area contributed by atoms with E-state index < -0.39 is 17.7 Å². The van der Waals surface area contributed by atoms with Gasteiger partial charge in [-0.3, -0.25) is 14.6 Å². The third-order valence-corrected chi connectivity index (χ3v) is 3.43. The molecule has 0 saturated heterocycles. The van der Waals surface area contributed by atoms with E-state index in [9.17, 15) is 9.59 Å². The summed E-state index contributed by atoms with van der Waals surface area (Å²) in [6, 6.07) is 0. The first-order valence-electron chi connectivity index (χ1n) is 8.12. The van der Waals surface area contributed by atoms with Gasteiger partial charge in [-0.25, -0.2) is 14.3 Å². The number of aromatic nitrogens is 4. The summed E-state index contributed by atoms with van der Waals surface area (Å²) in [4.78, 5) is 49.3. The van der Waals surface area contributed by atoms with Crippen molar-refractivity contribution in [1.82, 2.24) is 14.5 Å². The molecule has 2 aromatic heterocycles. The number of nitrogens with two attached hydrogens (primary N) is 2. The summed E-state index contributed by atoms with van der Waals surface area (Å²) in [6.45, 7) is 1.89. The van der Waals surface area contributed by atoms with Crippen LogP contribution in [-0.4, -0.2) is 32.6 Å². The van der Waals surface area contributed by atoms with Crippen molar-refractivity contribution in [2.45, 2.75) is 45.6 Å². The molecular formula is C15H24N6O6. The maximum Gasteiger partial charge on any atom is 0.372 e. The van der Waals surface area contributed by atoms with Gasteiger partial charge in [0.25, 0.3) is 12.0 Å². The van der Waals surface area contributed by atoms with Crippen LogP contribution in [0.2, 0.25) is 0 Å². The van der Waals surface area contributed by atoms with Crippen molar-refractivity contribution in [3.63, 3.8) is 0 Å². The molecule has 2 rings (SSSR count). The second-order valence-corrected chi connectivity index (χ2v) is 5.26. The molecule has 0 atom stereocenters. The molecule has 0 spiro atoms. The van der Waals surface area contributed by atoms with E-state index >= 15 is 0 Å². The van der Waals surface area contributed by atoms with Gasteiger partial charge in [0, 0.05) is 6.47 Å². The quantitative estimate of drug-likeness (QED) is 0.323. The van der Waals surface area contributed by atoms with Crippen molar-refractivity contribution in [1.29, 1.82) is 0 Å². The van der Waals surface area contributed by atoms with Gasteiger partial charge in [-0.1, -0.05) is 37.6 Å². The summed E-state index contributed by atoms with van der Waals surface area (Å²) < 4.78 is 1.46. The number of nitrogens with zero attached hydrogens (tertiary/aromatic N) is 2. The fourth-order valence-corrected chi connectivity index (χ4v) is 2.36. The molecule has 0 aliphatic carbocycles. The van der Waals surface area contributed by atoms with Crippen molar-refractivity contribution >= 4 is 35.7 Å². The minimum absolute atomic E-state index is 0.0160. The van der Waals surface area contributed by atoms with E-state index in [0.29, 0.717) is 12.2 Å². The van der Waals surface area contributed by atoms with Crippen LogP contribution >= 0.6 is 0 Å². The Labute approximate surface area is 153 Å². The maximum absolute atomic E-state index is 12.0. The first kappa shape index (κ1) is 23.6. The molecule has 12 heteroatoms. The molecule has 2 aromatic rings. The Hall–Kier alpha value is -3.44. The Kier molecular flexibility index (Phi) is 11.2. The first-order valence-corrected chi connectivity index (χ1v) is 8.12. The van der Waals surface area contributed by atoms with Gasteiger partial charge < -0.3 is 26.5 Å². The van der Waals surface area contributed by atoms with E-state index in [0.717, 1.165) is 25.7 Å². The Morgan fingerprint density at radius 3 is 2.33 bits per heavy atom. The Balaban J connectivity index is 0.000000997. The van der Waals surface area contributed by atoms with Crippen LogP contribution in [-0.2, 0) is 16.1 Å². The lowest BCUT2D eigenvalue weighted by atomic mass is 10.1. The standard InChI is InChI=1S/C13H20N6O2.2CH2O2/c1-2-3-4-5-6-7-19-10-8(11(20)18-13(19)21)9(14)16-12(15)17-10;2*2-1-3/h2-7H2,1H3,(H,18,20,21)(H4,14,15,16,17);2*1H,(H,2,3). The number of rotatable bonds is 6. The van der Waals surface area contributed by atoms with Gasteiger partial charge in [-0.2, -0.15) is 0 Å². The fourth-order valence-electron chi connectivity index (χ4n) is 2.36. The highest BCUT2D eigenvalue weighted by atomic mass is 16.3. The van der Waals surface area contributed by atoms with Gasteiger partial charge in [0.05, 0.1) is 6.54 Å². The highest BCUT2D eigenvalue weighted by molar-refractivity contribution is 5.82. The van der Waals surface area contributed by atoms with E-state index in [-0.39, 0.29) is 23.6 Å². The summed E-state index contributed by atoms with van der Waals surface area (Å²) in [5.41, 5.74) is 10.6. The number of aryl methyl sites for hydroxylation is 1. The number of carbonyl (C=O) groups is 2. The van der Waals surface area contributed by atoms with Gasteiger partial charge in [0.1, 0.15) is 0 Å². The van der Waals surface area contributed by atoms with Gasteiger partial charge in [0.15, 0.2) is 5.39 Å². The molecule has 150 valence electrons. The molecule has 0 saturated carbocycles. The lowest BCUT2D eigenvalue weighted by Gasteiger charge is -2.06. The second-order valence-electron chi connectivity index (χ2n) is 5.26. The van der Waals surface area contributed by atoms with E-state index in [1.165, 1.54) is 11.0 Å². The number of anilines is 2. The predicted octanol–water partition coefficient (Wildman–Crippen LogP) is -1.90. The number of nitrogen functional groups attached to an aromatic ring is 2. The second kappa shape index (κ2) is 12.9. The minimum Gasteiger partial charge on any atom is -0.554 e. The van der Waals surface area contributed by atoms with Crippen molar-refractivity contribution < 1.29 is 24.8 Å². The van der Waals surface area contributed by atoms with Crippen LogP contribution in [0.4, 0.5) is 11.8 Å². The SMILES string of the molecule is CCCCCCCn1c(=O)[nH]c(=O)c2c(N)nc(N)[nH+]c21.O=CO.O=C[O-]. The fraction of sp³-hybridized carbons (Fsp3) is 0.467. The summed E-state index contributed by atoms with van der Waals surface area (Å²) in [5.74, 6) is 0.0898. The number of H-pyrrole nitrogens is 2. The Bertz CT molecular complexity index is 841. The molecule has 0 amide bonds. The van der Waals surface area contributed by atoms with E-state index in [2.05, 4.69) is 21.9 Å². The molecule has 7 N–H and O–H groups in total. The van der Waals surface area contributed by atoms with Crippen LogP contribution in [0.25, 0.3) is 11.0 Å². The van der Waals surface area contributed by atoms with Crippen molar-refractivity contribution in [2.75, 3.05) is 11.5 Å². The van der Waals surface area contributed by atoms with Crippen LogP contribution in [0.5, 0.6) is 0 Å². The molecule has 0 aromatic carbocycles. The zero-order valence-electron chi connectivity index (χ0n) is 14.9.